The number of amides is 1. The Labute approximate surface area is 112 Å². The first-order valence-electron chi connectivity index (χ1n) is 5.99. The van der Waals surface area contributed by atoms with Gasteiger partial charge >= 0.3 is 5.97 Å². The van der Waals surface area contributed by atoms with Crippen LogP contribution in [-0.2, 0) is 4.79 Å². The molecule has 0 aliphatic carbocycles. The van der Waals surface area contributed by atoms with E-state index in [0.717, 1.165) is 16.9 Å². The van der Waals surface area contributed by atoms with Crippen molar-refractivity contribution in [3.8, 4) is 5.75 Å². The molecule has 0 aliphatic rings. The van der Waals surface area contributed by atoms with Gasteiger partial charge in [-0.15, -0.1) is 0 Å². The van der Waals surface area contributed by atoms with Crippen molar-refractivity contribution in [3.63, 3.8) is 0 Å². The van der Waals surface area contributed by atoms with Crippen molar-refractivity contribution in [2.24, 2.45) is 0 Å². The molecule has 5 nitrogen and oxygen atoms in total. The number of hydrogen-bond donors (Lipinski definition) is 1. The van der Waals surface area contributed by atoms with Crippen LogP contribution in [-0.4, -0.2) is 42.6 Å². The Balaban J connectivity index is 2.91. The summed E-state index contributed by atoms with van der Waals surface area (Å²) in [6, 6.07) is 3.51. The first kappa shape index (κ1) is 15.0. The van der Waals surface area contributed by atoms with Gasteiger partial charge in [-0.3, -0.25) is 9.59 Å². The molecule has 19 heavy (non-hydrogen) atoms. The predicted octanol–water partition coefficient (Wildman–Crippen LogP) is 1.86. The second kappa shape index (κ2) is 6.22. The van der Waals surface area contributed by atoms with Crippen LogP contribution in [0.3, 0.4) is 0 Å². The standard InChI is InChI=1S/C14H19NO4/c1-9-7-11(8-10(2)13(9)19-4)14(18)15(3)6-5-12(16)17/h7-8H,5-6H2,1-4H3,(H,16,17). The Hall–Kier alpha value is -2.04. The fraction of sp³-hybridized carbons (Fsp3) is 0.429. The summed E-state index contributed by atoms with van der Waals surface area (Å²) in [5.74, 6) is -0.332. The summed E-state index contributed by atoms with van der Waals surface area (Å²) in [6.45, 7) is 3.94. The van der Waals surface area contributed by atoms with Crippen LogP contribution in [0.15, 0.2) is 12.1 Å². The van der Waals surface area contributed by atoms with Crippen molar-refractivity contribution < 1.29 is 19.4 Å². The molecule has 0 atom stereocenters. The average Bonchev–Trinajstić information content (AvgIpc) is 2.34. The Morgan fingerprint density at radius 1 is 1.26 bits per heavy atom. The number of ether oxygens (including phenoxy) is 1. The smallest absolute Gasteiger partial charge is 0.305 e. The second-order valence-electron chi connectivity index (χ2n) is 4.51. The van der Waals surface area contributed by atoms with E-state index in [9.17, 15) is 9.59 Å². The number of aliphatic carboxylic acids is 1. The quantitative estimate of drug-likeness (QED) is 0.882. The van der Waals surface area contributed by atoms with E-state index in [1.807, 2.05) is 13.8 Å². The monoisotopic (exact) mass is 265 g/mol. The van der Waals surface area contributed by atoms with Gasteiger partial charge < -0.3 is 14.7 Å². The molecule has 104 valence electrons. The van der Waals surface area contributed by atoms with Crippen LogP contribution in [0.25, 0.3) is 0 Å². The molecule has 0 aromatic heterocycles. The predicted molar refractivity (Wildman–Crippen MR) is 71.7 cm³/mol. The summed E-state index contributed by atoms with van der Waals surface area (Å²) in [7, 11) is 3.19. The van der Waals surface area contributed by atoms with Crippen LogP contribution in [0.5, 0.6) is 5.75 Å². The number of carboxylic acid groups (broad SMARTS) is 1. The first-order valence-corrected chi connectivity index (χ1v) is 5.99. The number of nitrogens with zero attached hydrogens (tertiary/aromatic N) is 1. The lowest BCUT2D eigenvalue weighted by atomic mass is 10.0. The van der Waals surface area contributed by atoms with Crippen molar-refractivity contribution in [2.45, 2.75) is 20.3 Å². The Kier molecular flexibility index (Phi) is 4.92. The molecule has 0 aliphatic heterocycles. The van der Waals surface area contributed by atoms with Crippen molar-refractivity contribution >= 4 is 11.9 Å². The van der Waals surface area contributed by atoms with Crippen molar-refractivity contribution in [2.75, 3.05) is 20.7 Å². The van der Waals surface area contributed by atoms with Crippen LogP contribution in [0.4, 0.5) is 0 Å². The third kappa shape index (κ3) is 3.71. The van der Waals surface area contributed by atoms with Crippen LogP contribution >= 0.6 is 0 Å². The molecule has 1 rings (SSSR count). The number of carbonyl (C=O) groups is 2. The summed E-state index contributed by atoms with van der Waals surface area (Å²) in [5, 5.41) is 8.62. The van der Waals surface area contributed by atoms with E-state index in [2.05, 4.69) is 0 Å². The third-order valence-electron chi connectivity index (χ3n) is 2.92. The van der Waals surface area contributed by atoms with Gasteiger partial charge in [-0.05, 0) is 37.1 Å². The van der Waals surface area contributed by atoms with Gasteiger partial charge in [0.05, 0.1) is 13.5 Å². The highest BCUT2D eigenvalue weighted by atomic mass is 16.5. The molecule has 0 saturated carbocycles. The van der Waals surface area contributed by atoms with Crippen LogP contribution in [0.2, 0.25) is 0 Å². The SMILES string of the molecule is COc1c(C)cc(C(=O)N(C)CCC(=O)O)cc1C. The number of benzene rings is 1. The molecular formula is C14H19NO4. The van der Waals surface area contributed by atoms with Crippen molar-refractivity contribution in [3.05, 3.63) is 28.8 Å². The Bertz CT molecular complexity index is 473. The minimum absolute atomic E-state index is 0.0592. The molecule has 0 fully saturated rings. The lowest BCUT2D eigenvalue weighted by Gasteiger charge is -2.18. The van der Waals surface area contributed by atoms with E-state index in [0.29, 0.717) is 5.56 Å². The number of aryl methyl sites for hydroxylation is 2. The van der Waals surface area contributed by atoms with E-state index in [4.69, 9.17) is 9.84 Å². The van der Waals surface area contributed by atoms with Gasteiger partial charge in [-0.1, -0.05) is 0 Å². The van der Waals surface area contributed by atoms with Crippen LogP contribution < -0.4 is 4.74 Å². The van der Waals surface area contributed by atoms with E-state index >= 15 is 0 Å². The lowest BCUT2D eigenvalue weighted by molar-refractivity contribution is -0.137. The summed E-state index contributed by atoms with van der Waals surface area (Å²) in [6.07, 6.45) is -0.0592. The van der Waals surface area contributed by atoms with Crippen LogP contribution in [0.1, 0.15) is 27.9 Å². The number of carbonyl (C=O) groups excluding carboxylic acids is 1. The second-order valence-corrected chi connectivity index (χ2v) is 4.51. The topological polar surface area (TPSA) is 66.8 Å². The van der Waals surface area contributed by atoms with Gasteiger partial charge in [-0.25, -0.2) is 0 Å². The average molecular weight is 265 g/mol. The number of methoxy groups -OCH3 is 1. The van der Waals surface area contributed by atoms with E-state index in [1.54, 1.807) is 26.3 Å². The third-order valence-corrected chi connectivity index (χ3v) is 2.92. The lowest BCUT2D eigenvalue weighted by Crippen LogP contribution is -2.29. The molecule has 0 spiro atoms. The highest BCUT2D eigenvalue weighted by Gasteiger charge is 2.15. The minimum Gasteiger partial charge on any atom is -0.496 e. The van der Waals surface area contributed by atoms with Crippen molar-refractivity contribution in [1.29, 1.82) is 0 Å². The van der Waals surface area contributed by atoms with Gasteiger partial charge in [-0.2, -0.15) is 0 Å². The highest BCUT2D eigenvalue weighted by Crippen LogP contribution is 2.24. The van der Waals surface area contributed by atoms with Gasteiger partial charge in [0.2, 0.25) is 0 Å². The van der Waals surface area contributed by atoms with Gasteiger partial charge in [0, 0.05) is 19.2 Å². The van der Waals surface area contributed by atoms with E-state index < -0.39 is 5.97 Å². The maximum Gasteiger partial charge on any atom is 0.305 e. The molecular weight excluding hydrogens is 246 g/mol. The molecule has 1 aromatic rings. The Morgan fingerprint density at radius 2 is 1.79 bits per heavy atom. The normalized spacial score (nSPS) is 10.1. The van der Waals surface area contributed by atoms with Gasteiger partial charge in [0.25, 0.3) is 5.91 Å². The summed E-state index contributed by atoms with van der Waals surface area (Å²) >= 11 is 0. The molecule has 0 saturated heterocycles. The Morgan fingerprint density at radius 3 is 2.21 bits per heavy atom. The maximum absolute atomic E-state index is 12.2. The summed E-state index contributed by atoms with van der Waals surface area (Å²) in [4.78, 5) is 24.1. The van der Waals surface area contributed by atoms with E-state index in [1.165, 1.54) is 4.90 Å². The molecule has 5 heteroatoms. The zero-order chi connectivity index (χ0) is 14.6. The van der Waals surface area contributed by atoms with Crippen molar-refractivity contribution in [1.82, 2.24) is 4.90 Å². The fourth-order valence-corrected chi connectivity index (χ4v) is 1.98. The molecule has 1 aromatic carbocycles. The largest absolute Gasteiger partial charge is 0.496 e. The molecule has 1 amide bonds. The minimum atomic E-state index is -0.915. The highest BCUT2D eigenvalue weighted by molar-refractivity contribution is 5.95. The zero-order valence-corrected chi connectivity index (χ0v) is 11.7. The number of carboxylic acids is 1. The molecule has 0 radical (unpaired) electrons. The van der Waals surface area contributed by atoms with Crippen LogP contribution in [0, 0.1) is 13.8 Å². The molecule has 1 N–H and O–H groups in total. The molecule has 0 unspecified atom stereocenters. The van der Waals surface area contributed by atoms with Gasteiger partial charge in [0.1, 0.15) is 5.75 Å². The number of hydrogen-bond acceptors (Lipinski definition) is 3. The zero-order valence-electron chi connectivity index (χ0n) is 11.7. The summed E-state index contributed by atoms with van der Waals surface area (Å²) in [5.41, 5.74) is 2.32. The summed E-state index contributed by atoms with van der Waals surface area (Å²) < 4.78 is 5.25. The van der Waals surface area contributed by atoms with E-state index in [-0.39, 0.29) is 18.9 Å². The molecule has 0 bridgehead atoms. The molecule has 0 heterocycles. The van der Waals surface area contributed by atoms with Gasteiger partial charge in [0.15, 0.2) is 0 Å². The first-order chi connectivity index (χ1) is 8.86. The fourth-order valence-electron chi connectivity index (χ4n) is 1.98. The number of rotatable bonds is 5. The maximum atomic E-state index is 12.2.